The van der Waals surface area contributed by atoms with E-state index in [1.54, 1.807) is 12.1 Å². The molecule has 5 rings (SSSR count). The molecule has 0 atom stereocenters. The van der Waals surface area contributed by atoms with Crippen molar-refractivity contribution in [3.8, 4) is 0 Å². The molecule has 2 aromatic carbocycles. The molecule has 29 heavy (non-hydrogen) atoms. The van der Waals surface area contributed by atoms with Crippen molar-refractivity contribution in [2.24, 2.45) is 7.05 Å². The van der Waals surface area contributed by atoms with Crippen molar-refractivity contribution in [1.82, 2.24) is 9.47 Å². The Morgan fingerprint density at radius 2 is 1.86 bits per heavy atom. The van der Waals surface area contributed by atoms with Crippen LogP contribution in [-0.2, 0) is 11.8 Å². The molecule has 0 saturated carbocycles. The molecule has 0 unspecified atom stereocenters. The number of piperidine rings is 1. The molecule has 3 aromatic rings. The normalized spacial score (nSPS) is 18.8. The van der Waals surface area contributed by atoms with Gasteiger partial charge in [0.1, 0.15) is 5.82 Å². The minimum absolute atomic E-state index is 0.0187. The van der Waals surface area contributed by atoms with E-state index < -0.39 is 0 Å². The zero-order valence-corrected chi connectivity index (χ0v) is 16.6. The maximum absolute atomic E-state index is 13.9. The van der Waals surface area contributed by atoms with Gasteiger partial charge in [-0.05, 0) is 56.3 Å². The van der Waals surface area contributed by atoms with Crippen molar-refractivity contribution in [2.45, 2.75) is 19.3 Å². The molecular weight excluding hydrogens is 365 g/mol. The topological polar surface area (TPSA) is 28.5 Å². The van der Waals surface area contributed by atoms with Crippen molar-refractivity contribution in [2.75, 3.05) is 24.7 Å². The van der Waals surface area contributed by atoms with Crippen LogP contribution in [0.4, 0.5) is 10.1 Å². The molecule has 1 aromatic heterocycles. The number of fused-ring (bicyclic) bond motifs is 2. The van der Waals surface area contributed by atoms with E-state index in [-0.39, 0.29) is 11.7 Å². The summed E-state index contributed by atoms with van der Waals surface area (Å²) in [5.74, 6) is -0.251. The summed E-state index contributed by atoms with van der Waals surface area (Å²) in [4.78, 5) is 17.6. The first-order valence-electron chi connectivity index (χ1n) is 10.2. The summed E-state index contributed by atoms with van der Waals surface area (Å²) in [6.07, 6.45) is 7.52. The summed E-state index contributed by atoms with van der Waals surface area (Å²) < 4.78 is 15.8. The van der Waals surface area contributed by atoms with Crippen molar-refractivity contribution < 1.29 is 9.18 Å². The second kappa shape index (κ2) is 7.16. The highest BCUT2D eigenvalue weighted by Crippen LogP contribution is 2.38. The summed E-state index contributed by atoms with van der Waals surface area (Å²) in [7, 11) is 1.94. The Kier molecular flexibility index (Phi) is 4.47. The van der Waals surface area contributed by atoms with Gasteiger partial charge < -0.3 is 4.57 Å². The number of amides is 1. The average Bonchev–Trinajstić information content (AvgIpc) is 3.18. The molecule has 148 valence electrons. The maximum atomic E-state index is 13.9. The van der Waals surface area contributed by atoms with Gasteiger partial charge in [-0.3, -0.25) is 14.6 Å². The minimum atomic E-state index is -0.270. The fourth-order valence-electron chi connectivity index (χ4n) is 4.55. The molecule has 2 aliphatic heterocycles. The van der Waals surface area contributed by atoms with E-state index >= 15 is 0 Å². The van der Waals surface area contributed by atoms with Gasteiger partial charge in [0, 0.05) is 40.8 Å². The Balaban J connectivity index is 1.57. The predicted octanol–water partition coefficient (Wildman–Crippen LogP) is 4.65. The summed E-state index contributed by atoms with van der Waals surface area (Å²) in [5, 5.41) is 0.819. The van der Waals surface area contributed by atoms with Gasteiger partial charge in [0.15, 0.2) is 0 Å². The smallest absolute Gasteiger partial charge is 0.260 e. The molecule has 1 amide bonds. The first-order valence-corrected chi connectivity index (χ1v) is 10.2. The molecular formula is C24H24FN3O. The number of carbonyl (C=O) groups excluding carboxylic acids is 1. The molecule has 1 fully saturated rings. The molecule has 0 N–H and O–H groups in total. The summed E-state index contributed by atoms with van der Waals surface area (Å²) in [6, 6.07) is 12.7. The highest BCUT2D eigenvalue weighted by atomic mass is 19.1. The highest BCUT2D eigenvalue weighted by molar-refractivity contribution is 6.36. The van der Waals surface area contributed by atoms with E-state index in [1.807, 2.05) is 53.1 Å². The molecule has 0 bridgehead atoms. The molecule has 4 nitrogen and oxygen atoms in total. The first-order chi connectivity index (χ1) is 14.1. The number of anilines is 1. The van der Waals surface area contributed by atoms with Gasteiger partial charge in [-0.1, -0.05) is 24.6 Å². The average molecular weight is 389 g/mol. The van der Waals surface area contributed by atoms with Gasteiger partial charge in [0.2, 0.25) is 0 Å². The van der Waals surface area contributed by atoms with Gasteiger partial charge in [-0.2, -0.15) is 0 Å². The lowest BCUT2D eigenvalue weighted by atomic mass is 10.0. The Morgan fingerprint density at radius 1 is 1.07 bits per heavy atom. The van der Waals surface area contributed by atoms with Crippen LogP contribution >= 0.6 is 0 Å². The number of aromatic nitrogens is 1. The molecule has 5 heteroatoms. The fourth-order valence-corrected chi connectivity index (χ4v) is 4.55. The van der Waals surface area contributed by atoms with Gasteiger partial charge in [0.25, 0.3) is 5.91 Å². The standard InChI is InChI=1S/C24H24FN3O/c1-26-15-17(20-14-18(25)9-10-22(20)26)13-21-19-7-3-4-8-23(19)28(24(21)29)16-27-11-5-2-6-12-27/h3-4,7-10,13-15H,2,5-6,11-12,16H2,1H3/b21-13-. The third-order valence-electron chi connectivity index (χ3n) is 6.03. The van der Waals surface area contributed by atoms with Gasteiger partial charge >= 0.3 is 0 Å². The zero-order chi connectivity index (χ0) is 20.0. The fraction of sp³-hybridized carbons (Fsp3) is 0.292. The van der Waals surface area contributed by atoms with E-state index in [1.165, 1.54) is 25.3 Å². The number of benzene rings is 2. The summed E-state index contributed by atoms with van der Waals surface area (Å²) in [5.41, 5.74) is 4.39. The van der Waals surface area contributed by atoms with Crippen molar-refractivity contribution in [3.63, 3.8) is 0 Å². The number of para-hydroxylation sites is 1. The molecule has 3 heterocycles. The van der Waals surface area contributed by atoms with E-state index in [0.717, 1.165) is 40.8 Å². The molecule has 1 saturated heterocycles. The largest absolute Gasteiger partial charge is 0.350 e. The molecule has 0 radical (unpaired) electrons. The van der Waals surface area contributed by atoms with Crippen LogP contribution in [-0.4, -0.2) is 35.1 Å². The Hall–Kier alpha value is -2.92. The second-order valence-electron chi connectivity index (χ2n) is 7.99. The third-order valence-corrected chi connectivity index (χ3v) is 6.03. The Labute approximate surface area is 169 Å². The minimum Gasteiger partial charge on any atom is -0.350 e. The molecule has 2 aliphatic rings. The van der Waals surface area contributed by atoms with Crippen LogP contribution in [0.25, 0.3) is 22.6 Å². The summed E-state index contributed by atoms with van der Waals surface area (Å²) in [6.45, 7) is 2.69. The number of hydrogen-bond acceptors (Lipinski definition) is 2. The molecule has 0 spiro atoms. The van der Waals surface area contributed by atoms with Crippen molar-refractivity contribution in [1.29, 1.82) is 0 Å². The van der Waals surface area contributed by atoms with Crippen molar-refractivity contribution in [3.05, 3.63) is 65.6 Å². The van der Waals surface area contributed by atoms with Gasteiger partial charge in [0.05, 0.1) is 12.4 Å². The van der Waals surface area contributed by atoms with E-state index in [4.69, 9.17) is 0 Å². The lowest BCUT2D eigenvalue weighted by molar-refractivity contribution is -0.113. The van der Waals surface area contributed by atoms with E-state index in [0.29, 0.717) is 12.2 Å². The van der Waals surface area contributed by atoms with Gasteiger partial charge in [-0.25, -0.2) is 4.39 Å². The first kappa shape index (κ1) is 18.1. The number of likely N-dealkylation sites (tertiary alicyclic amines) is 1. The van der Waals surface area contributed by atoms with Crippen LogP contribution in [0, 0.1) is 5.82 Å². The molecule has 0 aliphatic carbocycles. The maximum Gasteiger partial charge on any atom is 0.260 e. The van der Waals surface area contributed by atoms with Crippen LogP contribution in [0.1, 0.15) is 30.4 Å². The predicted molar refractivity (Wildman–Crippen MR) is 115 cm³/mol. The highest BCUT2D eigenvalue weighted by Gasteiger charge is 2.33. The Bertz CT molecular complexity index is 1120. The number of halogens is 1. The van der Waals surface area contributed by atoms with Crippen LogP contribution in [0.15, 0.2) is 48.7 Å². The van der Waals surface area contributed by atoms with Gasteiger partial charge in [-0.15, -0.1) is 0 Å². The lowest BCUT2D eigenvalue weighted by Crippen LogP contribution is -2.42. The second-order valence-corrected chi connectivity index (χ2v) is 7.99. The van der Waals surface area contributed by atoms with Crippen LogP contribution in [0.5, 0.6) is 0 Å². The number of nitrogens with zero attached hydrogens (tertiary/aromatic N) is 3. The number of aryl methyl sites for hydroxylation is 1. The van der Waals surface area contributed by atoms with Crippen LogP contribution in [0.3, 0.4) is 0 Å². The van der Waals surface area contributed by atoms with Crippen LogP contribution < -0.4 is 4.90 Å². The zero-order valence-electron chi connectivity index (χ0n) is 16.6. The third kappa shape index (κ3) is 3.15. The monoisotopic (exact) mass is 389 g/mol. The quantitative estimate of drug-likeness (QED) is 0.610. The van der Waals surface area contributed by atoms with E-state index in [9.17, 15) is 9.18 Å². The summed E-state index contributed by atoms with van der Waals surface area (Å²) >= 11 is 0. The van der Waals surface area contributed by atoms with Crippen molar-refractivity contribution >= 4 is 34.1 Å². The number of carbonyl (C=O) groups is 1. The lowest BCUT2D eigenvalue weighted by Gasteiger charge is -2.30. The van der Waals surface area contributed by atoms with E-state index in [2.05, 4.69) is 4.90 Å². The van der Waals surface area contributed by atoms with Crippen LogP contribution in [0.2, 0.25) is 0 Å². The SMILES string of the molecule is Cn1cc(/C=C2\C(=O)N(CN3CCCCC3)c3ccccc32)c2cc(F)ccc21. The number of rotatable bonds is 3. The number of hydrogen-bond donors (Lipinski definition) is 0. The Morgan fingerprint density at radius 3 is 2.69 bits per heavy atom.